The molecule has 0 aliphatic carbocycles. The zero-order valence-electron chi connectivity index (χ0n) is 13.1. The van der Waals surface area contributed by atoms with E-state index >= 15 is 0 Å². The first kappa shape index (κ1) is 15.7. The summed E-state index contributed by atoms with van der Waals surface area (Å²) in [7, 11) is -1.36. The van der Waals surface area contributed by atoms with Gasteiger partial charge in [-0.1, -0.05) is 18.2 Å². The van der Waals surface area contributed by atoms with Gasteiger partial charge >= 0.3 is 0 Å². The molecule has 7 heteroatoms. The number of sulfone groups is 1. The Morgan fingerprint density at radius 1 is 1.30 bits per heavy atom. The maximum atomic E-state index is 12.7. The van der Waals surface area contributed by atoms with Crippen molar-refractivity contribution in [2.24, 2.45) is 0 Å². The Morgan fingerprint density at radius 3 is 2.61 bits per heavy atom. The van der Waals surface area contributed by atoms with E-state index in [9.17, 15) is 13.2 Å². The van der Waals surface area contributed by atoms with E-state index in [1.54, 1.807) is 17.9 Å². The van der Waals surface area contributed by atoms with E-state index < -0.39 is 9.84 Å². The highest BCUT2D eigenvalue weighted by atomic mass is 32.2. The van der Waals surface area contributed by atoms with Gasteiger partial charge < -0.3 is 4.90 Å². The zero-order chi connectivity index (χ0) is 16.6. The van der Waals surface area contributed by atoms with Crippen molar-refractivity contribution in [3.05, 3.63) is 47.8 Å². The number of carbonyl (C=O) groups excluding carboxylic acids is 1. The van der Waals surface area contributed by atoms with Crippen LogP contribution in [-0.2, 0) is 9.84 Å². The van der Waals surface area contributed by atoms with Crippen LogP contribution in [0.4, 0.5) is 0 Å². The quantitative estimate of drug-likeness (QED) is 0.852. The van der Waals surface area contributed by atoms with Crippen LogP contribution in [0.5, 0.6) is 0 Å². The van der Waals surface area contributed by atoms with Gasteiger partial charge in [-0.2, -0.15) is 5.10 Å². The second-order valence-electron chi connectivity index (χ2n) is 5.86. The van der Waals surface area contributed by atoms with Gasteiger partial charge in [0.1, 0.15) is 0 Å². The van der Waals surface area contributed by atoms with Crippen molar-refractivity contribution in [1.82, 2.24) is 14.7 Å². The Morgan fingerprint density at radius 2 is 2.00 bits per heavy atom. The predicted octanol–water partition coefficient (Wildman–Crippen LogP) is 1.44. The Kier molecular flexibility index (Phi) is 3.97. The number of benzene rings is 1. The maximum Gasteiger partial charge on any atom is 0.257 e. The molecule has 1 aliphatic heterocycles. The molecule has 1 amide bonds. The van der Waals surface area contributed by atoms with Gasteiger partial charge in [0.25, 0.3) is 5.91 Å². The summed E-state index contributed by atoms with van der Waals surface area (Å²) in [6.45, 7) is 1.84. The lowest BCUT2D eigenvalue weighted by Gasteiger charge is -2.23. The third-order valence-corrected chi connectivity index (χ3v) is 6.07. The Hall–Kier alpha value is -2.15. The van der Waals surface area contributed by atoms with Gasteiger partial charge in [0.15, 0.2) is 9.84 Å². The minimum Gasteiger partial charge on any atom is -0.338 e. The summed E-state index contributed by atoms with van der Waals surface area (Å²) in [5.41, 5.74) is 2.13. The van der Waals surface area contributed by atoms with Gasteiger partial charge in [-0.05, 0) is 25.5 Å². The standard InChI is InChI=1S/C16H19N3O3S/c1-12-15(10-17-19(12)13-6-4-3-5-7-13)16(20)18(2)14-8-9-23(21,22)11-14/h3-7,10,14H,8-9,11H2,1-2H3. The van der Waals surface area contributed by atoms with E-state index in [0.717, 1.165) is 11.4 Å². The third kappa shape index (κ3) is 3.01. The Bertz CT molecular complexity index is 828. The van der Waals surface area contributed by atoms with Crippen LogP contribution in [0, 0.1) is 6.92 Å². The van der Waals surface area contributed by atoms with Gasteiger partial charge in [0.2, 0.25) is 0 Å². The summed E-state index contributed by atoms with van der Waals surface area (Å²) >= 11 is 0. The van der Waals surface area contributed by atoms with Crippen LogP contribution in [0.3, 0.4) is 0 Å². The molecule has 0 saturated carbocycles. The summed E-state index contributed by atoms with van der Waals surface area (Å²) in [4.78, 5) is 14.2. The van der Waals surface area contributed by atoms with Crippen molar-refractivity contribution in [3.8, 4) is 5.69 Å². The highest BCUT2D eigenvalue weighted by Crippen LogP contribution is 2.21. The normalized spacial score (nSPS) is 19.7. The largest absolute Gasteiger partial charge is 0.338 e. The molecule has 3 rings (SSSR count). The average Bonchev–Trinajstić information content (AvgIpc) is 3.09. The van der Waals surface area contributed by atoms with Crippen LogP contribution in [0.1, 0.15) is 22.5 Å². The molecule has 1 aromatic heterocycles. The number of aromatic nitrogens is 2. The van der Waals surface area contributed by atoms with Crippen LogP contribution < -0.4 is 0 Å². The molecule has 23 heavy (non-hydrogen) atoms. The molecule has 1 saturated heterocycles. The number of hydrogen-bond acceptors (Lipinski definition) is 4. The van der Waals surface area contributed by atoms with Gasteiger partial charge in [-0.25, -0.2) is 13.1 Å². The minimum atomic E-state index is -3.02. The van der Waals surface area contributed by atoms with E-state index in [-0.39, 0.29) is 23.5 Å². The van der Waals surface area contributed by atoms with Crippen LogP contribution in [0.2, 0.25) is 0 Å². The number of rotatable bonds is 3. The Balaban J connectivity index is 1.85. The van der Waals surface area contributed by atoms with Crippen LogP contribution in [-0.4, -0.2) is 53.6 Å². The molecule has 1 aromatic carbocycles. The molecule has 0 bridgehead atoms. The highest BCUT2D eigenvalue weighted by molar-refractivity contribution is 7.91. The van der Waals surface area contributed by atoms with Crippen LogP contribution >= 0.6 is 0 Å². The number of hydrogen-bond donors (Lipinski definition) is 0. The van der Waals surface area contributed by atoms with E-state index in [4.69, 9.17) is 0 Å². The lowest BCUT2D eigenvalue weighted by Crippen LogP contribution is -2.38. The fourth-order valence-electron chi connectivity index (χ4n) is 2.89. The molecule has 1 atom stereocenters. The van der Waals surface area contributed by atoms with Gasteiger partial charge in [-0.15, -0.1) is 0 Å². The van der Waals surface area contributed by atoms with Crippen molar-refractivity contribution in [2.45, 2.75) is 19.4 Å². The topological polar surface area (TPSA) is 72.3 Å². The smallest absolute Gasteiger partial charge is 0.257 e. The second-order valence-corrected chi connectivity index (χ2v) is 8.09. The zero-order valence-corrected chi connectivity index (χ0v) is 14.0. The molecule has 0 N–H and O–H groups in total. The summed E-state index contributed by atoms with van der Waals surface area (Å²) in [5.74, 6) is 0.00495. The molecule has 6 nitrogen and oxygen atoms in total. The molecule has 122 valence electrons. The average molecular weight is 333 g/mol. The summed E-state index contributed by atoms with van der Waals surface area (Å²) in [6, 6.07) is 9.32. The van der Waals surface area contributed by atoms with E-state index in [0.29, 0.717) is 12.0 Å². The lowest BCUT2D eigenvalue weighted by molar-refractivity contribution is 0.0747. The summed E-state index contributed by atoms with van der Waals surface area (Å²) in [6.07, 6.45) is 2.04. The predicted molar refractivity (Wildman–Crippen MR) is 87.5 cm³/mol. The molecule has 1 aliphatic rings. The van der Waals surface area contributed by atoms with Crippen LogP contribution in [0.15, 0.2) is 36.5 Å². The van der Waals surface area contributed by atoms with Crippen molar-refractivity contribution in [3.63, 3.8) is 0 Å². The number of carbonyl (C=O) groups is 1. The van der Waals surface area contributed by atoms with Crippen LogP contribution in [0.25, 0.3) is 5.69 Å². The van der Waals surface area contributed by atoms with Crippen molar-refractivity contribution >= 4 is 15.7 Å². The van der Waals surface area contributed by atoms with Crippen molar-refractivity contribution < 1.29 is 13.2 Å². The Labute approximate surface area is 135 Å². The summed E-state index contributed by atoms with van der Waals surface area (Å²) in [5, 5.41) is 4.30. The maximum absolute atomic E-state index is 12.7. The number of para-hydroxylation sites is 1. The first-order valence-electron chi connectivity index (χ1n) is 7.47. The third-order valence-electron chi connectivity index (χ3n) is 4.32. The van der Waals surface area contributed by atoms with Gasteiger partial charge in [0, 0.05) is 13.1 Å². The summed E-state index contributed by atoms with van der Waals surface area (Å²) < 4.78 is 24.9. The first-order valence-corrected chi connectivity index (χ1v) is 9.29. The van der Waals surface area contributed by atoms with Crippen molar-refractivity contribution in [2.75, 3.05) is 18.6 Å². The van der Waals surface area contributed by atoms with Gasteiger partial charge in [-0.3, -0.25) is 4.79 Å². The molecular formula is C16H19N3O3S. The lowest BCUT2D eigenvalue weighted by atomic mass is 10.1. The minimum absolute atomic E-state index is 0.0428. The van der Waals surface area contributed by atoms with E-state index in [1.165, 1.54) is 4.90 Å². The molecule has 1 unspecified atom stereocenters. The second kappa shape index (κ2) is 5.81. The fraction of sp³-hybridized carbons (Fsp3) is 0.375. The molecule has 2 aromatic rings. The molecular weight excluding hydrogens is 314 g/mol. The highest BCUT2D eigenvalue weighted by Gasteiger charge is 2.33. The first-order chi connectivity index (χ1) is 10.9. The number of amides is 1. The molecule has 1 fully saturated rings. The fourth-order valence-corrected chi connectivity index (χ4v) is 4.66. The van der Waals surface area contributed by atoms with E-state index in [2.05, 4.69) is 5.10 Å². The molecule has 2 heterocycles. The molecule has 0 spiro atoms. The monoisotopic (exact) mass is 333 g/mol. The SMILES string of the molecule is Cc1c(C(=O)N(C)C2CCS(=O)(=O)C2)cnn1-c1ccccc1. The van der Waals surface area contributed by atoms with Crippen molar-refractivity contribution in [1.29, 1.82) is 0 Å². The van der Waals surface area contributed by atoms with Gasteiger partial charge in [0.05, 0.1) is 34.6 Å². The molecule has 0 radical (unpaired) electrons. The number of nitrogens with zero attached hydrogens (tertiary/aromatic N) is 3. The van der Waals surface area contributed by atoms with E-state index in [1.807, 2.05) is 37.3 Å².